The van der Waals surface area contributed by atoms with Crippen molar-refractivity contribution < 1.29 is 13.2 Å². The number of hydrogen-bond acceptors (Lipinski definition) is 4. The van der Waals surface area contributed by atoms with Gasteiger partial charge in [-0.1, -0.05) is 6.07 Å². The van der Waals surface area contributed by atoms with E-state index in [9.17, 15) is 8.42 Å². The van der Waals surface area contributed by atoms with E-state index in [4.69, 9.17) is 4.74 Å². The summed E-state index contributed by atoms with van der Waals surface area (Å²) < 4.78 is 33.3. The number of hydrogen-bond donors (Lipinski definition) is 1. The topological polar surface area (TPSA) is 58.6 Å². The molecule has 21 heavy (non-hydrogen) atoms. The number of ether oxygens (including phenoxy) is 1. The van der Waals surface area contributed by atoms with Gasteiger partial charge in [-0.3, -0.25) is 0 Å². The van der Waals surface area contributed by atoms with Crippen LogP contribution < -0.4 is 5.32 Å². The summed E-state index contributed by atoms with van der Waals surface area (Å²) in [4.78, 5) is 0.446. The van der Waals surface area contributed by atoms with Gasteiger partial charge < -0.3 is 10.1 Å². The van der Waals surface area contributed by atoms with E-state index in [-0.39, 0.29) is 0 Å². The summed E-state index contributed by atoms with van der Waals surface area (Å²) in [5, 5.41) is 3.29. The van der Waals surface area contributed by atoms with E-state index in [1.165, 1.54) is 0 Å². The fraction of sp³-hybridized carbons (Fsp3) is 0.600. The van der Waals surface area contributed by atoms with E-state index in [1.54, 1.807) is 10.4 Å². The number of anilines is 1. The number of benzene rings is 1. The Morgan fingerprint density at radius 2 is 2.14 bits per heavy atom. The van der Waals surface area contributed by atoms with Crippen molar-refractivity contribution in [1.29, 1.82) is 0 Å². The van der Waals surface area contributed by atoms with Gasteiger partial charge in [-0.15, -0.1) is 0 Å². The lowest BCUT2D eigenvalue weighted by atomic mass is 10.0. The molecule has 0 radical (unpaired) electrons. The number of morpholine rings is 1. The highest BCUT2D eigenvalue weighted by molar-refractivity contribution is 7.89. The molecule has 0 atom stereocenters. The lowest BCUT2D eigenvalue weighted by Gasteiger charge is -2.41. The Kier molecular flexibility index (Phi) is 3.71. The molecule has 1 aromatic carbocycles. The summed E-state index contributed by atoms with van der Waals surface area (Å²) in [5.74, 6) is 0. The van der Waals surface area contributed by atoms with Crippen LogP contribution in [0.25, 0.3) is 0 Å². The van der Waals surface area contributed by atoms with Crippen LogP contribution in [0, 0.1) is 0 Å². The van der Waals surface area contributed by atoms with Crippen LogP contribution in [-0.2, 0) is 21.2 Å². The molecule has 6 heteroatoms. The van der Waals surface area contributed by atoms with Gasteiger partial charge in [0.1, 0.15) is 0 Å². The predicted molar refractivity (Wildman–Crippen MR) is 82.0 cm³/mol. The van der Waals surface area contributed by atoms with Crippen molar-refractivity contribution >= 4 is 15.7 Å². The second-order valence-electron chi connectivity index (χ2n) is 6.25. The molecule has 3 rings (SSSR count). The van der Waals surface area contributed by atoms with Crippen LogP contribution in [-0.4, -0.2) is 44.6 Å². The Bertz CT molecular complexity index is 640. The van der Waals surface area contributed by atoms with Crippen LogP contribution in [0.4, 0.5) is 5.69 Å². The number of nitrogens with zero attached hydrogens (tertiary/aromatic N) is 1. The molecule has 1 aromatic rings. The first-order valence-electron chi connectivity index (χ1n) is 7.39. The number of sulfonamides is 1. The fourth-order valence-electron chi connectivity index (χ4n) is 3.13. The summed E-state index contributed by atoms with van der Waals surface area (Å²) in [6.07, 6.45) is 1.77. The zero-order valence-corrected chi connectivity index (χ0v) is 13.4. The highest BCUT2D eigenvalue weighted by Crippen LogP contribution is 2.33. The normalized spacial score (nSPS) is 22.4. The quantitative estimate of drug-likeness (QED) is 0.905. The molecule has 0 spiro atoms. The Morgan fingerprint density at radius 3 is 2.90 bits per heavy atom. The molecule has 2 heterocycles. The van der Waals surface area contributed by atoms with Crippen LogP contribution >= 0.6 is 0 Å². The van der Waals surface area contributed by atoms with Gasteiger partial charge in [-0.05, 0) is 44.4 Å². The van der Waals surface area contributed by atoms with E-state index >= 15 is 0 Å². The van der Waals surface area contributed by atoms with E-state index < -0.39 is 15.6 Å². The highest BCUT2D eigenvalue weighted by atomic mass is 32.2. The van der Waals surface area contributed by atoms with Gasteiger partial charge >= 0.3 is 0 Å². The second kappa shape index (κ2) is 5.26. The maximum Gasteiger partial charge on any atom is 0.244 e. The second-order valence-corrected chi connectivity index (χ2v) is 8.09. The molecule has 0 amide bonds. The summed E-state index contributed by atoms with van der Waals surface area (Å²) in [7, 11) is -3.50. The Hall–Kier alpha value is -1.11. The molecule has 1 fully saturated rings. The van der Waals surface area contributed by atoms with Crippen molar-refractivity contribution in [3.8, 4) is 0 Å². The molecule has 2 aliphatic heterocycles. The zero-order valence-electron chi connectivity index (χ0n) is 12.6. The van der Waals surface area contributed by atoms with Crippen molar-refractivity contribution in [2.45, 2.75) is 37.1 Å². The van der Waals surface area contributed by atoms with Crippen molar-refractivity contribution in [3.05, 3.63) is 23.8 Å². The van der Waals surface area contributed by atoms with Crippen molar-refractivity contribution in [3.63, 3.8) is 0 Å². The van der Waals surface area contributed by atoms with Crippen LogP contribution in [0.3, 0.4) is 0 Å². The standard InChI is InChI=1S/C15H22N2O3S/c1-15(2)11-20-10-9-17(15)21(18,19)14-7-3-6-13-12(14)5-4-8-16-13/h3,6-7,16H,4-5,8-11H2,1-2H3. The van der Waals surface area contributed by atoms with Crippen LogP contribution in [0.2, 0.25) is 0 Å². The lowest BCUT2D eigenvalue weighted by Crippen LogP contribution is -2.55. The van der Waals surface area contributed by atoms with Crippen LogP contribution in [0.15, 0.2) is 23.1 Å². The molecule has 0 bridgehead atoms. The maximum atomic E-state index is 13.1. The van der Waals surface area contributed by atoms with E-state index in [0.29, 0.717) is 24.7 Å². The minimum atomic E-state index is -3.50. The van der Waals surface area contributed by atoms with Gasteiger partial charge in [0, 0.05) is 18.8 Å². The minimum absolute atomic E-state index is 0.409. The summed E-state index contributed by atoms with van der Waals surface area (Å²) in [5.41, 5.74) is 1.36. The zero-order chi connectivity index (χ0) is 15.1. The van der Waals surface area contributed by atoms with E-state index in [0.717, 1.165) is 30.6 Å². The summed E-state index contributed by atoms with van der Waals surface area (Å²) in [6, 6.07) is 5.50. The van der Waals surface area contributed by atoms with Gasteiger partial charge in [0.25, 0.3) is 0 Å². The molecular formula is C15H22N2O3S. The molecule has 1 saturated heterocycles. The number of nitrogens with one attached hydrogen (secondary N) is 1. The third kappa shape index (κ3) is 2.56. The molecule has 2 aliphatic rings. The predicted octanol–water partition coefficient (Wildman–Crippen LogP) is 1.84. The molecule has 0 aromatic heterocycles. The maximum absolute atomic E-state index is 13.1. The average Bonchev–Trinajstić information content (AvgIpc) is 2.46. The first-order valence-corrected chi connectivity index (χ1v) is 8.83. The van der Waals surface area contributed by atoms with Crippen molar-refractivity contribution in [2.75, 3.05) is 31.6 Å². The average molecular weight is 310 g/mol. The van der Waals surface area contributed by atoms with E-state index in [2.05, 4.69) is 5.32 Å². The largest absolute Gasteiger partial charge is 0.385 e. The molecule has 0 saturated carbocycles. The van der Waals surface area contributed by atoms with Gasteiger partial charge in [0.05, 0.1) is 23.6 Å². The van der Waals surface area contributed by atoms with Gasteiger partial charge in [-0.2, -0.15) is 4.31 Å². The van der Waals surface area contributed by atoms with Gasteiger partial charge in [0.2, 0.25) is 10.0 Å². The molecule has 5 nitrogen and oxygen atoms in total. The fourth-order valence-corrected chi connectivity index (χ4v) is 5.16. The van der Waals surface area contributed by atoms with Gasteiger partial charge in [0.15, 0.2) is 0 Å². The summed E-state index contributed by atoms with van der Waals surface area (Å²) >= 11 is 0. The third-order valence-electron chi connectivity index (χ3n) is 4.19. The number of fused-ring (bicyclic) bond motifs is 1. The lowest BCUT2D eigenvalue weighted by molar-refractivity contribution is -0.00772. The smallest absolute Gasteiger partial charge is 0.244 e. The van der Waals surface area contributed by atoms with Crippen molar-refractivity contribution in [2.24, 2.45) is 0 Å². The number of rotatable bonds is 2. The van der Waals surface area contributed by atoms with Crippen molar-refractivity contribution in [1.82, 2.24) is 4.31 Å². The molecule has 1 N–H and O–H groups in total. The first-order chi connectivity index (χ1) is 9.93. The Morgan fingerprint density at radius 1 is 1.33 bits per heavy atom. The third-order valence-corrected chi connectivity index (χ3v) is 6.38. The Balaban J connectivity index is 2.06. The molecular weight excluding hydrogens is 288 g/mol. The van der Waals surface area contributed by atoms with E-state index in [1.807, 2.05) is 26.0 Å². The monoisotopic (exact) mass is 310 g/mol. The minimum Gasteiger partial charge on any atom is -0.385 e. The molecule has 0 unspecified atom stereocenters. The molecule has 0 aliphatic carbocycles. The van der Waals surface area contributed by atoms with Gasteiger partial charge in [-0.25, -0.2) is 8.42 Å². The SMILES string of the molecule is CC1(C)COCCN1S(=O)(=O)c1cccc2c1CCCN2. The molecule has 116 valence electrons. The Labute approximate surface area is 126 Å². The highest BCUT2D eigenvalue weighted by Gasteiger charge is 2.40. The first kappa shape index (κ1) is 14.8. The summed E-state index contributed by atoms with van der Waals surface area (Å²) in [6.45, 7) is 6.02. The van der Waals surface area contributed by atoms with Crippen LogP contribution in [0.1, 0.15) is 25.8 Å². The van der Waals surface area contributed by atoms with Crippen LogP contribution in [0.5, 0.6) is 0 Å².